The number of nitrogens with two attached hydrogens (primary N) is 1. The van der Waals surface area contributed by atoms with Crippen molar-refractivity contribution in [3.63, 3.8) is 0 Å². The summed E-state index contributed by atoms with van der Waals surface area (Å²) in [6.45, 7) is 2.00. The lowest BCUT2D eigenvalue weighted by Gasteiger charge is -2.10. The second kappa shape index (κ2) is 3.91. The molecule has 1 aromatic rings. The van der Waals surface area contributed by atoms with Gasteiger partial charge < -0.3 is 5.73 Å². The summed E-state index contributed by atoms with van der Waals surface area (Å²) in [6.07, 6.45) is 1.78. The first-order valence-corrected chi connectivity index (χ1v) is 5.74. The highest BCUT2D eigenvalue weighted by molar-refractivity contribution is 8.00. The highest BCUT2D eigenvalue weighted by Crippen LogP contribution is 2.39. The van der Waals surface area contributed by atoms with Crippen LogP contribution in [0.25, 0.3) is 0 Å². The van der Waals surface area contributed by atoms with Crippen LogP contribution in [0.1, 0.15) is 18.9 Å². The fourth-order valence-corrected chi connectivity index (χ4v) is 3.33. The van der Waals surface area contributed by atoms with Crippen molar-refractivity contribution in [2.24, 2.45) is 5.73 Å². The van der Waals surface area contributed by atoms with E-state index in [2.05, 4.69) is 0 Å². The van der Waals surface area contributed by atoms with Crippen LogP contribution in [0.3, 0.4) is 0 Å². The van der Waals surface area contributed by atoms with Crippen LogP contribution in [-0.4, -0.2) is 11.3 Å². The summed E-state index contributed by atoms with van der Waals surface area (Å²) in [5.74, 6) is -0.0674. The van der Waals surface area contributed by atoms with Gasteiger partial charge in [0.25, 0.3) is 0 Å². The van der Waals surface area contributed by atoms with Gasteiger partial charge in [-0.15, -0.1) is 11.8 Å². The molecule has 3 heteroatoms. The monoisotopic (exact) mass is 211 g/mol. The standard InChI is InChI=1S/C11H14FNS/c1-7(13)5-8-6-9-10(12)3-2-4-11(9)14-8/h2-4,7-8H,5-6,13H2,1H3. The van der Waals surface area contributed by atoms with Gasteiger partial charge in [0, 0.05) is 21.8 Å². The minimum Gasteiger partial charge on any atom is -0.328 e. The quantitative estimate of drug-likeness (QED) is 0.813. The Bertz CT molecular complexity index is 338. The molecule has 0 aromatic heterocycles. The molecular weight excluding hydrogens is 197 g/mol. The molecule has 14 heavy (non-hydrogen) atoms. The molecule has 2 atom stereocenters. The van der Waals surface area contributed by atoms with Crippen molar-refractivity contribution < 1.29 is 4.39 Å². The zero-order valence-electron chi connectivity index (χ0n) is 8.16. The van der Waals surface area contributed by atoms with Crippen molar-refractivity contribution in [3.8, 4) is 0 Å². The molecule has 0 spiro atoms. The minimum absolute atomic E-state index is 0.0674. The second-order valence-electron chi connectivity index (χ2n) is 3.87. The summed E-state index contributed by atoms with van der Waals surface area (Å²) >= 11 is 1.76. The van der Waals surface area contributed by atoms with Crippen molar-refractivity contribution in [1.29, 1.82) is 0 Å². The van der Waals surface area contributed by atoms with Crippen LogP contribution in [0, 0.1) is 5.82 Å². The van der Waals surface area contributed by atoms with E-state index in [0.29, 0.717) is 5.25 Å². The molecule has 2 N–H and O–H groups in total. The molecule has 1 nitrogen and oxygen atoms in total. The van der Waals surface area contributed by atoms with Gasteiger partial charge in [-0.05, 0) is 31.9 Å². The number of halogens is 1. The van der Waals surface area contributed by atoms with E-state index in [4.69, 9.17) is 5.73 Å². The Morgan fingerprint density at radius 1 is 1.64 bits per heavy atom. The van der Waals surface area contributed by atoms with E-state index < -0.39 is 0 Å². The van der Waals surface area contributed by atoms with Gasteiger partial charge >= 0.3 is 0 Å². The molecule has 0 amide bonds. The van der Waals surface area contributed by atoms with E-state index in [0.717, 1.165) is 23.3 Å². The van der Waals surface area contributed by atoms with Gasteiger partial charge in [-0.2, -0.15) is 0 Å². The lowest BCUT2D eigenvalue weighted by Crippen LogP contribution is -2.20. The second-order valence-corrected chi connectivity index (χ2v) is 5.22. The van der Waals surface area contributed by atoms with Crippen LogP contribution in [0.2, 0.25) is 0 Å². The van der Waals surface area contributed by atoms with Crippen LogP contribution >= 0.6 is 11.8 Å². The molecule has 0 saturated carbocycles. The topological polar surface area (TPSA) is 26.0 Å². The average Bonchev–Trinajstić information content (AvgIpc) is 2.47. The molecule has 1 heterocycles. The molecule has 1 aromatic carbocycles. The number of fused-ring (bicyclic) bond motifs is 1. The van der Waals surface area contributed by atoms with Crippen LogP contribution in [0.15, 0.2) is 23.1 Å². The van der Waals surface area contributed by atoms with Gasteiger partial charge in [0.05, 0.1) is 0 Å². The zero-order valence-corrected chi connectivity index (χ0v) is 8.98. The lowest BCUT2D eigenvalue weighted by atomic mass is 10.1. The lowest BCUT2D eigenvalue weighted by molar-refractivity contribution is 0.590. The van der Waals surface area contributed by atoms with Gasteiger partial charge in [-0.25, -0.2) is 4.39 Å². The number of benzene rings is 1. The number of thioether (sulfide) groups is 1. The molecular formula is C11H14FNS. The van der Waals surface area contributed by atoms with E-state index in [1.807, 2.05) is 13.0 Å². The zero-order chi connectivity index (χ0) is 10.1. The highest BCUT2D eigenvalue weighted by atomic mass is 32.2. The molecule has 0 bridgehead atoms. The maximum atomic E-state index is 13.4. The Labute approximate surface area is 87.9 Å². The SMILES string of the molecule is CC(N)CC1Cc2c(F)cccc2S1. The molecule has 1 aliphatic rings. The molecule has 0 radical (unpaired) electrons. The fourth-order valence-electron chi connectivity index (χ4n) is 1.84. The molecule has 2 unspecified atom stereocenters. The van der Waals surface area contributed by atoms with Crippen molar-refractivity contribution >= 4 is 11.8 Å². The number of rotatable bonds is 2. The van der Waals surface area contributed by atoms with Crippen LogP contribution in [-0.2, 0) is 6.42 Å². The van der Waals surface area contributed by atoms with E-state index >= 15 is 0 Å². The maximum Gasteiger partial charge on any atom is 0.127 e. The van der Waals surface area contributed by atoms with Gasteiger partial charge in [0.2, 0.25) is 0 Å². The summed E-state index contributed by atoms with van der Waals surface area (Å²) in [4.78, 5) is 1.09. The molecule has 1 aliphatic heterocycles. The third kappa shape index (κ3) is 1.93. The van der Waals surface area contributed by atoms with Crippen LogP contribution < -0.4 is 5.73 Å². The molecule has 0 fully saturated rings. The van der Waals surface area contributed by atoms with Gasteiger partial charge in [-0.3, -0.25) is 0 Å². The van der Waals surface area contributed by atoms with Gasteiger partial charge in [0.1, 0.15) is 5.82 Å². The maximum absolute atomic E-state index is 13.4. The third-order valence-electron chi connectivity index (χ3n) is 2.44. The first kappa shape index (κ1) is 9.99. The van der Waals surface area contributed by atoms with Crippen molar-refractivity contribution in [3.05, 3.63) is 29.6 Å². The number of hydrogen-bond acceptors (Lipinski definition) is 2. The predicted octanol–water partition coefficient (Wildman–Crippen LogP) is 2.58. The highest BCUT2D eigenvalue weighted by Gasteiger charge is 2.25. The van der Waals surface area contributed by atoms with Crippen molar-refractivity contribution in [1.82, 2.24) is 0 Å². The van der Waals surface area contributed by atoms with Crippen molar-refractivity contribution in [2.45, 2.75) is 36.0 Å². The first-order valence-electron chi connectivity index (χ1n) is 4.86. The summed E-state index contributed by atoms with van der Waals surface area (Å²) in [5.41, 5.74) is 6.62. The van der Waals surface area contributed by atoms with E-state index in [9.17, 15) is 4.39 Å². The summed E-state index contributed by atoms with van der Waals surface area (Å²) < 4.78 is 13.4. The summed E-state index contributed by atoms with van der Waals surface area (Å²) in [7, 11) is 0. The van der Waals surface area contributed by atoms with Crippen molar-refractivity contribution in [2.75, 3.05) is 0 Å². The molecule has 0 aliphatic carbocycles. The first-order chi connectivity index (χ1) is 6.66. The smallest absolute Gasteiger partial charge is 0.127 e. The molecule has 2 rings (SSSR count). The Kier molecular flexibility index (Phi) is 2.79. The Morgan fingerprint density at radius 2 is 2.43 bits per heavy atom. The average molecular weight is 211 g/mol. The normalized spacial score (nSPS) is 22.1. The van der Waals surface area contributed by atoms with Crippen LogP contribution in [0.5, 0.6) is 0 Å². The van der Waals surface area contributed by atoms with E-state index in [1.165, 1.54) is 6.07 Å². The predicted molar refractivity (Wildman–Crippen MR) is 58.0 cm³/mol. The van der Waals surface area contributed by atoms with Gasteiger partial charge in [0.15, 0.2) is 0 Å². The largest absolute Gasteiger partial charge is 0.328 e. The van der Waals surface area contributed by atoms with Crippen LogP contribution in [0.4, 0.5) is 4.39 Å². The molecule has 0 saturated heterocycles. The Hall–Kier alpha value is -0.540. The number of hydrogen-bond donors (Lipinski definition) is 1. The van der Waals surface area contributed by atoms with E-state index in [-0.39, 0.29) is 11.9 Å². The Morgan fingerprint density at radius 3 is 3.07 bits per heavy atom. The fraction of sp³-hybridized carbons (Fsp3) is 0.455. The Balaban J connectivity index is 2.14. The summed E-state index contributed by atoms with van der Waals surface area (Å²) in [5, 5.41) is 0.460. The minimum atomic E-state index is -0.0674. The molecule has 76 valence electrons. The summed E-state index contributed by atoms with van der Waals surface area (Å²) in [6, 6.07) is 5.50. The third-order valence-corrected chi connectivity index (χ3v) is 3.76. The van der Waals surface area contributed by atoms with E-state index in [1.54, 1.807) is 17.8 Å². The van der Waals surface area contributed by atoms with Gasteiger partial charge in [-0.1, -0.05) is 6.07 Å².